The lowest BCUT2D eigenvalue weighted by atomic mass is 9.94. The van der Waals surface area contributed by atoms with Gasteiger partial charge >= 0.3 is 6.36 Å². The first kappa shape index (κ1) is 24.9. The number of aromatic nitrogens is 3. The summed E-state index contributed by atoms with van der Waals surface area (Å²) in [6, 6.07) is 7.68. The fraction of sp³-hybridized carbons (Fsp3) is 0.423. The third-order valence-corrected chi connectivity index (χ3v) is 7.04. The first-order valence-electron chi connectivity index (χ1n) is 11.9. The smallest absolute Gasteiger partial charge is 0.487 e. The molecule has 1 saturated carbocycles. The highest BCUT2D eigenvalue weighted by Crippen LogP contribution is 2.60. The summed E-state index contributed by atoms with van der Waals surface area (Å²) in [6.07, 6.45) is -0.280. The van der Waals surface area contributed by atoms with Crippen molar-refractivity contribution >= 4 is 5.91 Å². The molecule has 2 aliphatic heterocycles. The Morgan fingerprint density at radius 1 is 1.14 bits per heavy atom. The van der Waals surface area contributed by atoms with Crippen molar-refractivity contribution < 1.29 is 27.4 Å². The molecule has 4 heterocycles. The van der Waals surface area contributed by atoms with Crippen molar-refractivity contribution in [3.63, 3.8) is 0 Å². The van der Waals surface area contributed by atoms with Gasteiger partial charge in [0, 0.05) is 37.8 Å². The van der Waals surface area contributed by atoms with Crippen LogP contribution in [0.15, 0.2) is 47.7 Å². The Labute approximate surface area is 211 Å². The van der Waals surface area contributed by atoms with Crippen LogP contribution in [0.4, 0.5) is 13.2 Å². The molecule has 3 aliphatic rings. The van der Waals surface area contributed by atoms with E-state index in [1.54, 1.807) is 47.2 Å². The average Bonchev–Trinajstić information content (AvgIpc) is 3.53. The molecular weight excluding hydrogens is 489 g/mol. The maximum Gasteiger partial charge on any atom is 0.573 e. The molecule has 0 spiro atoms. The van der Waals surface area contributed by atoms with Crippen molar-refractivity contribution in [1.29, 1.82) is 0 Å². The van der Waals surface area contributed by atoms with Gasteiger partial charge in [0.1, 0.15) is 28.5 Å². The van der Waals surface area contributed by atoms with Crippen LogP contribution in [-0.2, 0) is 6.54 Å². The molecule has 2 unspecified atom stereocenters. The van der Waals surface area contributed by atoms with Crippen LogP contribution in [0.25, 0.3) is 5.69 Å². The summed E-state index contributed by atoms with van der Waals surface area (Å²) in [7, 11) is 1.74. The number of alkyl halides is 3. The predicted molar refractivity (Wildman–Crippen MR) is 128 cm³/mol. The number of hydrogen-bond acceptors (Lipinski definition) is 5. The van der Waals surface area contributed by atoms with Crippen LogP contribution in [0, 0.1) is 12.8 Å². The molecule has 1 aliphatic carbocycles. The number of halogens is 3. The number of amides is 1. The zero-order chi connectivity index (χ0) is 26.7. The van der Waals surface area contributed by atoms with Crippen molar-refractivity contribution in [1.82, 2.24) is 19.0 Å². The quantitative estimate of drug-likeness (QED) is 0.508. The van der Waals surface area contributed by atoms with Crippen LogP contribution < -0.4 is 15.0 Å². The first-order chi connectivity index (χ1) is 17.3. The minimum absolute atomic E-state index is 0.114. The standard InChI is InChI=1S/C13H13F3O2.C13H14N4O2/c1-12(2)10-6-8(10)9-5-7(17-13(14,15)16)3-4-11(9)18-12;1-9-7-16(8-14-9)10-3-4-11-12(18)15(2)5-6-17(11)13(10)19/h3-5,8,10H,6H2,1-2H3;3-4,7-8H,5-6H2,1-2H3. The van der Waals surface area contributed by atoms with Gasteiger partial charge in [0.25, 0.3) is 11.5 Å². The number of likely N-dealkylation sites (N-methyl/N-ethyl adjacent to an activating group) is 1. The van der Waals surface area contributed by atoms with E-state index in [4.69, 9.17) is 4.74 Å². The van der Waals surface area contributed by atoms with Crippen LogP contribution in [0.5, 0.6) is 11.5 Å². The highest BCUT2D eigenvalue weighted by Gasteiger charge is 2.54. The molecule has 0 radical (unpaired) electrons. The largest absolute Gasteiger partial charge is 0.573 e. The van der Waals surface area contributed by atoms with Crippen molar-refractivity contribution in [2.24, 2.45) is 5.92 Å². The summed E-state index contributed by atoms with van der Waals surface area (Å²) in [5, 5.41) is 0. The van der Waals surface area contributed by atoms with Gasteiger partial charge in [0.05, 0.1) is 12.0 Å². The summed E-state index contributed by atoms with van der Waals surface area (Å²) in [4.78, 5) is 30.1. The molecule has 196 valence electrons. The van der Waals surface area contributed by atoms with Gasteiger partial charge in [-0.15, -0.1) is 13.2 Å². The molecular formula is C26H27F3N4O4. The zero-order valence-electron chi connectivity index (χ0n) is 20.9. The van der Waals surface area contributed by atoms with Gasteiger partial charge in [0.15, 0.2) is 0 Å². The van der Waals surface area contributed by atoms with Crippen LogP contribution in [0.3, 0.4) is 0 Å². The van der Waals surface area contributed by atoms with Crippen LogP contribution in [-0.4, -0.2) is 50.5 Å². The lowest BCUT2D eigenvalue weighted by Gasteiger charge is -2.32. The molecule has 0 saturated heterocycles. The number of hydrogen-bond donors (Lipinski definition) is 0. The Bertz CT molecular complexity index is 1430. The SMILES string of the molecule is CC1(C)Oc2ccc(OC(F)(F)F)cc2C2CC21.Cc1cn(-c2ccc3n(c2=O)CCN(C)C3=O)cn1. The molecule has 8 nitrogen and oxygen atoms in total. The second-order valence-electron chi connectivity index (χ2n) is 10.1. The lowest BCUT2D eigenvalue weighted by Crippen LogP contribution is -2.42. The Morgan fingerprint density at radius 2 is 1.89 bits per heavy atom. The number of rotatable bonds is 2. The molecule has 2 atom stereocenters. The number of imidazole rings is 1. The maximum atomic E-state index is 12.4. The lowest BCUT2D eigenvalue weighted by molar-refractivity contribution is -0.274. The molecule has 1 aromatic carbocycles. The summed E-state index contributed by atoms with van der Waals surface area (Å²) in [5.41, 5.74) is 2.25. The van der Waals surface area contributed by atoms with Gasteiger partial charge < -0.3 is 23.5 Å². The monoisotopic (exact) mass is 516 g/mol. The molecule has 1 fully saturated rings. The Morgan fingerprint density at radius 3 is 2.57 bits per heavy atom. The van der Waals surface area contributed by atoms with Crippen molar-refractivity contribution in [3.8, 4) is 17.2 Å². The number of nitrogens with zero attached hydrogens (tertiary/aromatic N) is 4. The van der Waals surface area contributed by atoms with E-state index in [1.165, 1.54) is 16.7 Å². The van der Waals surface area contributed by atoms with E-state index < -0.39 is 6.36 Å². The molecule has 3 aromatic rings. The zero-order valence-corrected chi connectivity index (χ0v) is 20.9. The summed E-state index contributed by atoms with van der Waals surface area (Å²) in [6.45, 7) is 6.97. The van der Waals surface area contributed by atoms with Crippen molar-refractivity contribution in [2.75, 3.05) is 13.6 Å². The number of pyridine rings is 1. The normalized spacial score (nSPS) is 21.1. The van der Waals surface area contributed by atoms with Crippen LogP contribution in [0.1, 0.15) is 47.9 Å². The topological polar surface area (TPSA) is 78.6 Å². The number of benzene rings is 1. The van der Waals surface area contributed by atoms with E-state index >= 15 is 0 Å². The second kappa shape index (κ2) is 8.67. The van der Waals surface area contributed by atoms with E-state index in [-0.39, 0.29) is 22.8 Å². The van der Waals surface area contributed by atoms with E-state index in [0.717, 1.165) is 17.7 Å². The van der Waals surface area contributed by atoms with E-state index in [0.29, 0.717) is 42.1 Å². The highest BCUT2D eigenvalue weighted by molar-refractivity contribution is 5.93. The van der Waals surface area contributed by atoms with Gasteiger partial charge in [-0.2, -0.15) is 0 Å². The predicted octanol–water partition coefficient (Wildman–Crippen LogP) is 4.29. The molecule has 11 heteroatoms. The Hall–Kier alpha value is -3.76. The second-order valence-corrected chi connectivity index (χ2v) is 10.1. The number of aryl methyl sites for hydroxylation is 1. The van der Waals surface area contributed by atoms with Gasteiger partial charge in [0.2, 0.25) is 0 Å². The Balaban J connectivity index is 0.000000152. The highest BCUT2D eigenvalue weighted by atomic mass is 19.4. The first-order valence-corrected chi connectivity index (χ1v) is 11.9. The summed E-state index contributed by atoms with van der Waals surface area (Å²) < 4.78 is 49.4. The van der Waals surface area contributed by atoms with E-state index in [2.05, 4.69) is 9.72 Å². The minimum atomic E-state index is -4.65. The van der Waals surface area contributed by atoms with Gasteiger partial charge in [-0.05, 0) is 63.4 Å². The fourth-order valence-corrected chi connectivity index (χ4v) is 5.04. The minimum Gasteiger partial charge on any atom is -0.487 e. The van der Waals surface area contributed by atoms with Gasteiger partial charge in [-0.1, -0.05) is 0 Å². The average molecular weight is 517 g/mol. The third-order valence-electron chi connectivity index (χ3n) is 7.04. The number of fused-ring (bicyclic) bond motifs is 4. The van der Waals surface area contributed by atoms with E-state index in [9.17, 15) is 22.8 Å². The molecule has 6 rings (SSSR count). The maximum absolute atomic E-state index is 12.4. The Kier molecular flexibility index (Phi) is 5.84. The van der Waals surface area contributed by atoms with E-state index in [1.807, 2.05) is 20.8 Å². The molecule has 0 N–H and O–H groups in total. The van der Waals surface area contributed by atoms with Crippen LogP contribution >= 0.6 is 0 Å². The summed E-state index contributed by atoms with van der Waals surface area (Å²) in [5.74, 6) is 1.09. The molecule has 37 heavy (non-hydrogen) atoms. The fourth-order valence-electron chi connectivity index (χ4n) is 5.04. The summed E-state index contributed by atoms with van der Waals surface area (Å²) >= 11 is 0. The van der Waals surface area contributed by atoms with Crippen molar-refractivity contribution in [3.05, 3.63) is 70.2 Å². The number of ether oxygens (including phenoxy) is 2. The number of carbonyl (C=O) groups excluding carboxylic acids is 1. The molecule has 2 aromatic heterocycles. The van der Waals surface area contributed by atoms with Crippen LogP contribution in [0.2, 0.25) is 0 Å². The van der Waals surface area contributed by atoms with Gasteiger partial charge in [-0.3, -0.25) is 9.59 Å². The molecule has 0 bridgehead atoms. The molecule has 1 amide bonds. The van der Waals surface area contributed by atoms with Crippen molar-refractivity contribution in [2.45, 2.75) is 51.6 Å². The number of carbonyl (C=O) groups is 1. The van der Waals surface area contributed by atoms with Gasteiger partial charge in [-0.25, -0.2) is 4.98 Å². The third kappa shape index (κ3) is 4.82.